The van der Waals surface area contributed by atoms with E-state index < -0.39 is 15.9 Å². The van der Waals surface area contributed by atoms with Gasteiger partial charge in [0, 0.05) is 18.7 Å². The number of anilines is 1. The molecule has 0 aliphatic carbocycles. The summed E-state index contributed by atoms with van der Waals surface area (Å²) >= 11 is 0. The molecule has 0 atom stereocenters. The summed E-state index contributed by atoms with van der Waals surface area (Å²) in [7, 11) is -3.54. The van der Waals surface area contributed by atoms with Crippen LogP contribution in [0, 0.1) is 13.8 Å². The normalized spacial score (nSPS) is 15.3. The molecule has 2 aromatic heterocycles. The highest BCUT2D eigenvalue weighted by Crippen LogP contribution is 2.26. The van der Waals surface area contributed by atoms with Gasteiger partial charge in [-0.1, -0.05) is 11.5 Å². The van der Waals surface area contributed by atoms with Gasteiger partial charge in [0.1, 0.15) is 11.5 Å². The van der Waals surface area contributed by atoms with Gasteiger partial charge in [-0.3, -0.25) is 10.1 Å². The summed E-state index contributed by atoms with van der Waals surface area (Å²) in [5, 5.41) is 10.3. The number of aryl methyl sites for hydroxylation is 2. The first-order valence-corrected chi connectivity index (χ1v) is 11.1. The summed E-state index contributed by atoms with van der Waals surface area (Å²) in [6.07, 6.45) is 2.77. The number of piperidine rings is 1. The Kier molecular flexibility index (Phi) is 5.44. The number of amides is 1. The topological polar surface area (TPSA) is 119 Å². The lowest BCUT2D eigenvalue weighted by Gasteiger charge is -2.25. The van der Waals surface area contributed by atoms with Gasteiger partial charge in [0.25, 0.3) is 11.8 Å². The standard InChI is InChI=1S/C20H22N4O5S/c1-13-12-17(14(2)28-13)19-22-23-20(29-19)21-18(25)15-6-8-16(9-7-15)30(26,27)24-10-4-3-5-11-24/h6-9,12H,3-5,10-11H2,1-2H3,(H,21,23,25). The molecule has 0 radical (unpaired) electrons. The molecule has 1 fully saturated rings. The minimum Gasteiger partial charge on any atom is -0.466 e. The zero-order valence-electron chi connectivity index (χ0n) is 16.7. The van der Waals surface area contributed by atoms with Crippen molar-refractivity contribution < 1.29 is 22.0 Å². The maximum Gasteiger partial charge on any atom is 0.322 e. The number of carbonyl (C=O) groups excluding carboxylic acids is 1. The fraction of sp³-hybridized carbons (Fsp3) is 0.350. The molecule has 4 rings (SSSR count). The predicted molar refractivity (Wildman–Crippen MR) is 108 cm³/mol. The van der Waals surface area contributed by atoms with Crippen LogP contribution in [0.25, 0.3) is 11.5 Å². The van der Waals surface area contributed by atoms with Crippen molar-refractivity contribution >= 4 is 21.9 Å². The van der Waals surface area contributed by atoms with Gasteiger partial charge in [0.05, 0.1) is 10.5 Å². The van der Waals surface area contributed by atoms with E-state index in [9.17, 15) is 13.2 Å². The van der Waals surface area contributed by atoms with Crippen molar-refractivity contribution in [2.75, 3.05) is 18.4 Å². The van der Waals surface area contributed by atoms with Gasteiger partial charge in [-0.15, -0.1) is 5.10 Å². The molecule has 1 N–H and O–H groups in total. The maximum atomic E-state index is 12.7. The third-order valence-corrected chi connectivity index (χ3v) is 6.90. The second-order valence-electron chi connectivity index (χ2n) is 7.18. The van der Waals surface area contributed by atoms with Gasteiger partial charge in [-0.05, 0) is 57.0 Å². The summed E-state index contributed by atoms with van der Waals surface area (Å²) in [6.45, 7) is 4.65. The third-order valence-electron chi connectivity index (χ3n) is 4.99. The number of hydrogen-bond acceptors (Lipinski definition) is 7. The first-order chi connectivity index (χ1) is 14.3. The molecule has 158 valence electrons. The van der Waals surface area contributed by atoms with Gasteiger partial charge < -0.3 is 8.83 Å². The number of benzene rings is 1. The Balaban J connectivity index is 1.46. The Hall–Kier alpha value is -2.98. The van der Waals surface area contributed by atoms with Crippen LogP contribution >= 0.6 is 0 Å². The van der Waals surface area contributed by atoms with Crippen LogP contribution in [0.3, 0.4) is 0 Å². The van der Waals surface area contributed by atoms with Crippen LogP contribution < -0.4 is 5.32 Å². The fourth-order valence-electron chi connectivity index (χ4n) is 3.43. The lowest BCUT2D eigenvalue weighted by atomic mass is 10.2. The molecule has 0 unspecified atom stereocenters. The number of sulfonamides is 1. The molecule has 1 aliphatic heterocycles. The molecular formula is C20H22N4O5S. The van der Waals surface area contributed by atoms with Crippen LogP contribution in [0.4, 0.5) is 6.01 Å². The van der Waals surface area contributed by atoms with Gasteiger partial charge in [-0.25, -0.2) is 8.42 Å². The monoisotopic (exact) mass is 430 g/mol. The highest BCUT2D eigenvalue weighted by atomic mass is 32.2. The molecule has 0 spiro atoms. The lowest BCUT2D eigenvalue weighted by molar-refractivity contribution is 0.102. The van der Waals surface area contributed by atoms with Crippen LogP contribution in [0.2, 0.25) is 0 Å². The Morgan fingerprint density at radius 3 is 2.37 bits per heavy atom. The van der Waals surface area contributed by atoms with Crippen molar-refractivity contribution in [3.8, 4) is 11.5 Å². The lowest BCUT2D eigenvalue weighted by Crippen LogP contribution is -2.35. The molecule has 1 saturated heterocycles. The highest BCUT2D eigenvalue weighted by molar-refractivity contribution is 7.89. The minimum absolute atomic E-state index is 0.0572. The van der Waals surface area contributed by atoms with Crippen LogP contribution in [-0.2, 0) is 10.0 Å². The van der Waals surface area contributed by atoms with Crippen molar-refractivity contribution in [3.63, 3.8) is 0 Å². The van der Waals surface area contributed by atoms with Crippen LogP contribution in [-0.4, -0.2) is 41.9 Å². The van der Waals surface area contributed by atoms with E-state index in [1.54, 1.807) is 13.0 Å². The van der Waals surface area contributed by atoms with E-state index in [1.165, 1.54) is 28.6 Å². The van der Waals surface area contributed by atoms with E-state index in [2.05, 4.69) is 15.5 Å². The first kappa shape index (κ1) is 20.3. The average Bonchev–Trinajstić information content (AvgIpc) is 3.34. The summed E-state index contributed by atoms with van der Waals surface area (Å²) in [6, 6.07) is 7.53. The van der Waals surface area contributed by atoms with E-state index in [1.807, 2.05) is 6.92 Å². The van der Waals surface area contributed by atoms with Gasteiger partial charge in [0.2, 0.25) is 10.0 Å². The summed E-state index contributed by atoms with van der Waals surface area (Å²) in [5.74, 6) is 1.11. The first-order valence-electron chi connectivity index (χ1n) is 9.67. The van der Waals surface area contributed by atoms with Crippen molar-refractivity contribution in [3.05, 3.63) is 47.4 Å². The summed E-state index contributed by atoms with van der Waals surface area (Å²) < 4.78 is 37.9. The van der Waals surface area contributed by atoms with Crippen LogP contribution in [0.5, 0.6) is 0 Å². The quantitative estimate of drug-likeness (QED) is 0.659. The SMILES string of the molecule is Cc1cc(-c2nnc(NC(=O)c3ccc(S(=O)(=O)N4CCCCC4)cc3)o2)c(C)o1. The Morgan fingerprint density at radius 1 is 1.03 bits per heavy atom. The largest absolute Gasteiger partial charge is 0.466 e. The second-order valence-corrected chi connectivity index (χ2v) is 9.12. The fourth-order valence-corrected chi connectivity index (χ4v) is 4.94. The number of hydrogen-bond donors (Lipinski definition) is 1. The van der Waals surface area contributed by atoms with Gasteiger partial charge in [0.15, 0.2) is 0 Å². The zero-order valence-corrected chi connectivity index (χ0v) is 17.5. The van der Waals surface area contributed by atoms with Crippen molar-refractivity contribution in [2.45, 2.75) is 38.0 Å². The molecule has 1 amide bonds. The van der Waals surface area contributed by atoms with E-state index in [0.717, 1.165) is 19.3 Å². The van der Waals surface area contributed by atoms with Crippen molar-refractivity contribution in [1.82, 2.24) is 14.5 Å². The van der Waals surface area contributed by atoms with Gasteiger partial charge in [-0.2, -0.15) is 4.31 Å². The molecule has 1 aromatic carbocycles. The van der Waals surface area contributed by atoms with Crippen LogP contribution in [0.15, 0.2) is 44.1 Å². The van der Waals surface area contributed by atoms with Crippen molar-refractivity contribution in [2.24, 2.45) is 0 Å². The molecule has 10 heteroatoms. The average molecular weight is 430 g/mol. The molecular weight excluding hydrogens is 408 g/mol. The minimum atomic E-state index is -3.54. The molecule has 9 nitrogen and oxygen atoms in total. The van der Waals surface area contributed by atoms with Crippen LogP contribution in [0.1, 0.15) is 41.1 Å². The van der Waals surface area contributed by atoms with E-state index in [4.69, 9.17) is 8.83 Å². The number of aromatic nitrogens is 2. The number of rotatable bonds is 5. The van der Waals surface area contributed by atoms with Gasteiger partial charge >= 0.3 is 6.01 Å². The third kappa shape index (κ3) is 4.01. The maximum absolute atomic E-state index is 12.7. The zero-order chi connectivity index (χ0) is 21.3. The Bertz CT molecular complexity index is 1160. The van der Waals surface area contributed by atoms with E-state index in [-0.39, 0.29) is 22.4 Å². The number of carbonyl (C=O) groups is 1. The molecule has 30 heavy (non-hydrogen) atoms. The molecule has 1 aliphatic rings. The Labute approximate surface area is 174 Å². The molecule has 3 heterocycles. The van der Waals surface area contributed by atoms with E-state index >= 15 is 0 Å². The molecule has 0 saturated carbocycles. The number of furan rings is 1. The molecule has 3 aromatic rings. The Morgan fingerprint density at radius 2 is 1.73 bits per heavy atom. The molecule has 0 bridgehead atoms. The number of nitrogens with zero attached hydrogens (tertiary/aromatic N) is 3. The van der Waals surface area contributed by atoms with Crippen molar-refractivity contribution in [1.29, 1.82) is 0 Å². The van der Waals surface area contributed by atoms with E-state index in [0.29, 0.717) is 30.2 Å². The predicted octanol–water partition coefficient (Wildman–Crippen LogP) is 3.37. The summed E-state index contributed by atoms with van der Waals surface area (Å²) in [4.78, 5) is 12.6. The smallest absolute Gasteiger partial charge is 0.322 e. The second kappa shape index (κ2) is 8.04. The number of nitrogens with one attached hydrogen (secondary N) is 1. The summed E-state index contributed by atoms with van der Waals surface area (Å²) in [5.41, 5.74) is 0.940. The highest BCUT2D eigenvalue weighted by Gasteiger charge is 2.26.